The van der Waals surface area contributed by atoms with E-state index in [1.807, 2.05) is 24.5 Å². The van der Waals surface area contributed by atoms with Crippen molar-refractivity contribution in [2.75, 3.05) is 0 Å². The Balaban J connectivity index is 0.000000162. The molecule has 0 fully saturated rings. The molecule has 0 bridgehead atoms. The van der Waals surface area contributed by atoms with E-state index >= 15 is 0 Å². The predicted octanol–water partition coefficient (Wildman–Crippen LogP) is 1.32. The molecule has 1 N–H and O–H groups in total. The van der Waals surface area contributed by atoms with Crippen LogP contribution in [0.2, 0.25) is 0 Å². The van der Waals surface area contributed by atoms with Crippen LogP contribution in [0.1, 0.15) is 0 Å². The molecule has 0 aliphatic carbocycles. The molecule has 0 aliphatic rings. The zero-order chi connectivity index (χ0) is 5.54. The van der Waals surface area contributed by atoms with E-state index in [0.29, 0.717) is 0 Å². The summed E-state index contributed by atoms with van der Waals surface area (Å²) in [6, 6.07) is 3.89. The monoisotopic (exact) mass is 126 g/mol. The number of hydrogen-bond acceptors (Lipinski definition) is 0. The van der Waals surface area contributed by atoms with Crippen LogP contribution in [-0.2, 0) is 0 Å². The van der Waals surface area contributed by atoms with Gasteiger partial charge in [0.2, 0.25) is 0 Å². The SMILES string of the molecule is [Mg+2][Cl].c1cc[nH]c1. The van der Waals surface area contributed by atoms with Crippen LogP contribution in [-0.4, -0.2) is 25.6 Å². The van der Waals surface area contributed by atoms with Gasteiger partial charge in [-0.1, -0.05) is 0 Å². The Morgan fingerprint density at radius 3 is 1.71 bits per heavy atom. The number of halogens is 1. The first-order valence-corrected chi connectivity index (χ1v) is 3.98. The maximum absolute atomic E-state index is 4.67. The number of rotatable bonds is 0. The van der Waals surface area contributed by atoms with Gasteiger partial charge in [-0.2, -0.15) is 0 Å². The maximum atomic E-state index is 4.67. The molecule has 1 aromatic rings. The average molecular weight is 127 g/mol. The highest BCUT2D eigenvalue weighted by molar-refractivity contribution is 6.80. The minimum Gasteiger partial charge on any atom is -0.368 e. The Hall–Kier alpha value is 0.336. The van der Waals surface area contributed by atoms with Gasteiger partial charge in [0.1, 0.15) is 0 Å². The molecular weight excluding hydrogens is 122 g/mol. The molecule has 0 saturated carbocycles. The molecule has 0 saturated heterocycles. The fourth-order valence-corrected chi connectivity index (χ4v) is 0.278. The highest BCUT2D eigenvalue weighted by Crippen LogP contribution is 1.72. The van der Waals surface area contributed by atoms with E-state index in [0.717, 1.165) is 0 Å². The number of aromatic nitrogens is 1. The predicted molar refractivity (Wildman–Crippen MR) is 32.4 cm³/mol. The van der Waals surface area contributed by atoms with Crippen molar-refractivity contribution in [3.63, 3.8) is 0 Å². The lowest BCUT2D eigenvalue weighted by atomic mass is 10.7. The van der Waals surface area contributed by atoms with Crippen molar-refractivity contribution in [1.29, 1.82) is 0 Å². The van der Waals surface area contributed by atoms with Crippen LogP contribution in [0, 0.1) is 0 Å². The Kier molecular flexibility index (Phi) is 6.64. The highest BCUT2D eigenvalue weighted by atomic mass is 35.5. The van der Waals surface area contributed by atoms with E-state index in [1.165, 1.54) is 20.6 Å². The number of H-pyrrole nitrogens is 1. The summed E-state index contributed by atoms with van der Waals surface area (Å²) in [6.45, 7) is 0. The molecule has 1 nitrogen and oxygen atoms in total. The van der Waals surface area contributed by atoms with Gasteiger partial charge in [-0.3, -0.25) is 0 Å². The summed E-state index contributed by atoms with van der Waals surface area (Å²) in [4.78, 5) is 2.86. The van der Waals surface area contributed by atoms with Gasteiger partial charge in [-0.25, -0.2) is 0 Å². The molecular formula is C4H5ClMgN+2. The standard InChI is InChI=1S/C4H5N.ClH.Mg/c1-2-4-5-3-1;;/h1-5H;1H;/q;;+3/p-1. The second-order valence-corrected chi connectivity index (χ2v) is 0.885. The molecule has 1 aromatic heterocycles. The van der Waals surface area contributed by atoms with Gasteiger partial charge < -0.3 is 4.98 Å². The van der Waals surface area contributed by atoms with Crippen LogP contribution >= 0.6 is 9.07 Å². The van der Waals surface area contributed by atoms with E-state index in [-0.39, 0.29) is 0 Å². The topological polar surface area (TPSA) is 15.8 Å². The molecule has 7 radical (unpaired) electrons. The van der Waals surface area contributed by atoms with Crippen molar-refractivity contribution in [3.05, 3.63) is 24.5 Å². The molecule has 0 spiro atoms. The van der Waals surface area contributed by atoms with Crippen LogP contribution in [0.5, 0.6) is 0 Å². The van der Waals surface area contributed by atoms with Crippen molar-refractivity contribution in [1.82, 2.24) is 4.98 Å². The second-order valence-electron chi connectivity index (χ2n) is 0.885. The van der Waals surface area contributed by atoms with E-state index < -0.39 is 0 Å². The smallest absolute Gasteiger partial charge is 0.368 e. The number of nitrogens with one attached hydrogen (secondary N) is 1. The first-order valence-electron chi connectivity index (χ1n) is 1.84. The van der Waals surface area contributed by atoms with Crippen LogP contribution in [0.4, 0.5) is 0 Å². The van der Waals surface area contributed by atoms with Crippen LogP contribution in [0.3, 0.4) is 0 Å². The Bertz CT molecular complexity index is 68.2. The van der Waals surface area contributed by atoms with Crippen molar-refractivity contribution in [2.24, 2.45) is 0 Å². The molecule has 0 unspecified atom stereocenters. The normalized spacial score (nSPS) is 6.57. The van der Waals surface area contributed by atoms with Crippen LogP contribution in [0.15, 0.2) is 24.5 Å². The Morgan fingerprint density at radius 2 is 1.57 bits per heavy atom. The van der Waals surface area contributed by atoms with E-state index in [4.69, 9.17) is 0 Å². The number of hydrogen-bond donors (Lipinski definition) is 1. The van der Waals surface area contributed by atoms with E-state index in [9.17, 15) is 0 Å². The van der Waals surface area contributed by atoms with E-state index in [2.05, 4.69) is 14.1 Å². The van der Waals surface area contributed by atoms with E-state index in [1.54, 1.807) is 0 Å². The molecule has 1 heterocycles. The van der Waals surface area contributed by atoms with Crippen LogP contribution in [0.25, 0.3) is 0 Å². The van der Waals surface area contributed by atoms with Gasteiger partial charge in [-0.15, -0.1) is 0 Å². The lowest BCUT2D eigenvalue weighted by molar-refractivity contribution is 1.42. The number of aromatic amines is 1. The fourth-order valence-electron chi connectivity index (χ4n) is 0.278. The van der Waals surface area contributed by atoms with Crippen molar-refractivity contribution >= 4 is 29.7 Å². The maximum Gasteiger partial charge on any atom is 1.59 e. The third-order valence-corrected chi connectivity index (χ3v) is 0.496. The largest absolute Gasteiger partial charge is 1.59 e. The van der Waals surface area contributed by atoms with Gasteiger partial charge in [0, 0.05) is 12.4 Å². The van der Waals surface area contributed by atoms with Crippen molar-refractivity contribution < 1.29 is 0 Å². The quantitative estimate of drug-likeness (QED) is 0.505. The molecule has 7 heavy (non-hydrogen) atoms. The summed E-state index contributed by atoms with van der Waals surface area (Å²) in [5.41, 5.74) is 0. The molecule has 0 aromatic carbocycles. The minimum atomic E-state index is 1.33. The summed E-state index contributed by atoms with van der Waals surface area (Å²) >= 11 is 1.33. The minimum absolute atomic E-state index is 1.33. The Labute approximate surface area is 59.3 Å². The first-order chi connectivity index (χ1) is 3.50. The summed E-state index contributed by atoms with van der Waals surface area (Å²) in [5, 5.41) is 0. The van der Waals surface area contributed by atoms with Crippen LogP contribution < -0.4 is 0 Å². The summed E-state index contributed by atoms with van der Waals surface area (Å²) in [7, 11) is 4.67. The molecule has 1 rings (SSSR count). The molecule has 0 atom stereocenters. The second kappa shape index (κ2) is 6.34. The molecule has 0 amide bonds. The Morgan fingerprint density at radius 1 is 1.14 bits per heavy atom. The zero-order valence-electron chi connectivity index (χ0n) is 3.89. The van der Waals surface area contributed by atoms with Gasteiger partial charge in [0.15, 0.2) is 0 Å². The first kappa shape index (κ1) is 7.34. The highest BCUT2D eigenvalue weighted by Gasteiger charge is 2.16. The lowest BCUT2D eigenvalue weighted by Crippen LogP contribution is -1.38. The molecule has 33 valence electrons. The van der Waals surface area contributed by atoms with Gasteiger partial charge in [0.25, 0.3) is 0 Å². The average Bonchev–Trinajstić information content (AvgIpc) is 2.23. The third kappa shape index (κ3) is 4.18. The van der Waals surface area contributed by atoms with Gasteiger partial charge >= 0.3 is 29.7 Å². The van der Waals surface area contributed by atoms with Gasteiger partial charge in [0.05, 0.1) is 0 Å². The van der Waals surface area contributed by atoms with Gasteiger partial charge in [-0.05, 0) is 12.1 Å². The molecule has 3 heteroatoms. The fraction of sp³-hybridized carbons (Fsp3) is 0. The summed E-state index contributed by atoms with van der Waals surface area (Å²) in [5.74, 6) is 0. The summed E-state index contributed by atoms with van der Waals surface area (Å²) < 4.78 is 0. The molecule has 0 aliphatic heterocycles. The summed E-state index contributed by atoms with van der Waals surface area (Å²) in [6.07, 6.45) is 3.75. The lowest BCUT2D eigenvalue weighted by Gasteiger charge is -1.49. The third-order valence-electron chi connectivity index (χ3n) is 0.496. The zero-order valence-corrected chi connectivity index (χ0v) is 6.06. The van der Waals surface area contributed by atoms with Crippen molar-refractivity contribution in [3.8, 4) is 0 Å². The van der Waals surface area contributed by atoms with Crippen molar-refractivity contribution in [2.45, 2.75) is 0 Å².